The minimum absolute atomic E-state index is 0.0174. The molecule has 7 heteroatoms. The summed E-state index contributed by atoms with van der Waals surface area (Å²) in [6.07, 6.45) is 0.777. The number of hydrogen-bond donors (Lipinski definition) is 1. The Balaban J connectivity index is 2.14. The topological polar surface area (TPSA) is 73.6 Å². The maximum atomic E-state index is 11.1. The summed E-state index contributed by atoms with van der Waals surface area (Å²) < 4.78 is 10.9. The summed E-state index contributed by atoms with van der Waals surface area (Å²) in [5.74, 6) is 1.37. The number of rotatable bonds is 4. The van der Waals surface area contributed by atoms with Crippen molar-refractivity contribution in [3.63, 3.8) is 0 Å². The maximum absolute atomic E-state index is 11.1. The van der Waals surface area contributed by atoms with Gasteiger partial charge >= 0.3 is 0 Å². The fraction of sp³-hybridized carbons (Fsp3) is 0.294. The van der Waals surface area contributed by atoms with Gasteiger partial charge in [-0.05, 0) is 29.7 Å². The number of fused-ring (bicyclic) bond motifs is 1. The second-order valence-corrected chi connectivity index (χ2v) is 5.88. The number of nitro groups is 1. The third-order valence-corrected chi connectivity index (χ3v) is 4.56. The third-order valence-electron chi connectivity index (χ3n) is 4.22. The van der Waals surface area contributed by atoms with Crippen LogP contribution in [0, 0.1) is 10.1 Å². The first kappa shape index (κ1) is 16.5. The van der Waals surface area contributed by atoms with E-state index in [4.69, 9.17) is 21.1 Å². The lowest BCUT2D eigenvalue weighted by Crippen LogP contribution is -2.31. The summed E-state index contributed by atoms with van der Waals surface area (Å²) in [6, 6.07) is 8.04. The van der Waals surface area contributed by atoms with Gasteiger partial charge in [-0.3, -0.25) is 10.1 Å². The monoisotopic (exact) mass is 348 g/mol. The van der Waals surface area contributed by atoms with Crippen molar-refractivity contribution in [1.29, 1.82) is 0 Å². The highest BCUT2D eigenvalue weighted by atomic mass is 35.5. The van der Waals surface area contributed by atoms with Crippen molar-refractivity contribution in [2.45, 2.75) is 12.5 Å². The van der Waals surface area contributed by atoms with Crippen LogP contribution in [0.2, 0.25) is 5.02 Å². The quantitative estimate of drug-likeness (QED) is 0.676. The van der Waals surface area contributed by atoms with Crippen molar-refractivity contribution in [3.8, 4) is 11.5 Å². The minimum atomic E-state index is -0.418. The summed E-state index contributed by atoms with van der Waals surface area (Å²) >= 11 is 6.31. The van der Waals surface area contributed by atoms with Gasteiger partial charge in [0, 0.05) is 29.3 Å². The van der Waals surface area contributed by atoms with E-state index in [-0.39, 0.29) is 11.7 Å². The minimum Gasteiger partial charge on any atom is -0.493 e. The smallest absolute Gasteiger partial charge is 0.269 e. The van der Waals surface area contributed by atoms with Crippen LogP contribution in [0.1, 0.15) is 22.7 Å². The van der Waals surface area contributed by atoms with E-state index in [1.807, 2.05) is 12.1 Å². The van der Waals surface area contributed by atoms with Crippen LogP contribution in [0.25, 0.3) is 0 Å². The van der Waals surface area contributed by atoms with Gasteiger partial charge in [0.2, 0.25) is 0 Å². The Kier molecular flexibility index (Phi) is 4.59. The van der Waals surface area contributed by atoms with E-state index in [1.165, 1.54) is 12.1 Å². The fourth-order valence-electron chi connectivity index (χ4n) is 3.13. The molecule has 0 saturated carbocycles. The van der Waals surface area contributed by atoms with Gasteiger partial charge in [-0.1, -0.05) is 17.7 Å². The third kappa shape index (κ3) is 2.79. The fourth-order valence-corrected chi connectivity index (χ4v) is 3.36. The number of nitrogens with one attached hydrogen (secondary N) is 1. The highest BCUT2D eigenvalue weighted by Crippen LogP contribution is 2.41. The standard InChI is InChI=1S/C17H17ClN2O4/c1-23-15-6-4-11-12(17(15)24-2)7-8-19-16(11)13-9-10(20(21)22)3-5-14(13)18/h3-6,9,16,19H,7-8H2,1-2H3. The van der Waals surface area contributed by atoms with Gasteiger partial charge in [0.25, 0.3) is 5.69 Å². The molecule has 0 amide bonds. The number of benzene rings is 2. The molecule has 0 aromatic heterocycles. The van der Waals surface area contributed by atoms with Gasteiger partial charge in [0.1, 0.15) is 0 Å². The van der Waals surface area contributed by atoms with Crippen LogP contribution < -0.4 is 14.8 Å². The maximum Gasteiger partial charge on any atom is 0.269 e. The zero-order chi connectivity index (χ0) is 17.3. The zero-order valence-electron chi connectivity index (χ0n) is 13.3. The molecule has 3 rings (SSSR count). The molecular formula is C17H17ClN2O4. The molecule has 0 radical (unpaired) electrons. The average molecular weight is 349 g/mol. The molecule has 0 spiro atoms. The van der Waals surface area contributed by atoms with Crippen LogP contribution in [-0.2, 0) is 6.42 Å². The molecule has 0 saturated heterocycles. The molecule has 1 heterocycles. The molecule has 6 nitrogen and oxygen atoms in total. The number of hydrogen-bond acceptors (Lipinski definition) is 5. The Morgan fingerprint density at radius 2 is 2.00 bits per heavy atom. The summed E-state index contributed by atoms with van der Waals surface area (Å²) in [7, 11) is 3.20. The van der Waals surface area contributed by atoms with Crippen LogP contribution in [0.4, 0.5) is 5.69 Å². The van der Waals surface area contributed by atoms with Crippen molar-refractivity contribution >= 4 is 17.3 Å². The predicted octanol–water partition coefficient (Wildman–Crippen LogP) is 3.50. The van der Waals surface area contributed by atoms with E-state index in [0.717, 1.165) is 17.5 Å². The van der Waals surface area contributed by atoms with E-state index >= 15 is 0 Å². The molecule has 0 fully saturated rings. The summed E-state index contributed by atoms with van der Waals surface area (Å²) in [4.78, 5) is 10.7. The SMILES string of the molecule is COc1ccc2c(c1OC)CCNC2c1cc([N+](=O)[O-])ccc1Cl. The van der Waals surface area contributed by atoms with Crippen molar-refractivity contribution in [2.24, 2.45) is 0 Å². The Bertz CT molecular complexity index is 794. The van der Waals surface area contributed by atoms with E-state index in [9.17, 15) is 10.1 Å². The van der Waals surface area contributed by atoms with Crippen molar-refractivity contribution < 1.29 is 14.4 Å². The first-order chi connectivity index (χ1) is 11.6. The molecule has 1 N–H and O–H groups in total. The van der Waals surface area contributed by atoms with E-state index in [1.54, 1.807) is 20.3 Å². The predicted molar refractivity (Wildman–Crippen MR) is 91.2 cm³/mol. The van der Waals surface area contributed by atoms with Gasteiger partial charge in [-0.2, -0.15) is 0 Å². The first-order valence-corrected chi connectivity index (χ1v) is 7.85. The van der Waals surface area contributed by atoms with Crippen molar-refractivity contribution in [2.75, 3.05) is 20.8 Å². The average Bonchev–Trinajstić information content (AvgIpc) is 2.60. The Morgan fingerprint density at radius 3 is 2.67 bits per heavy atom. The van der Waals surface area contributed by atoms with Crippen LogP contribution in [0.15, 0.2) is 30.3 Å². The van der Waals surface area contributed by atoms with Crippen LogP contribution in [-0.4, -0.2) is 25.7 Å². The van der Waals surface area contributed by atoms with Crippen molar-refractivity contribution in [1.82, 2.24) is 5.32 Å². The molecule has 0 bridgehead atoms. The number of methoxy groups -OCH3 is 2. The highest BCUT2D eigenvalue weighted by molar-refractivity contribution is 6.31. The highest BCUT2D eigenvalue weighted by Gasteiger charge is 2.28. The molecule has 2 aromatic carbocycles. The van der Waals surface area contributed by atoms with Gasteiger partial charge < -0.3 is 14.8 Å². The Labute approximate surface area is 144 Å². The molecule has 1 atom stereocenters. The number of halogens is 1. The van der Waals surface area contributed by atoms with Crippen LogP contribution >= 0.6 is 11.6 Å². The van der Waals surface area contributed by atoms with E-state index in [0.29, 0.717) is 28.6 Å². The molecule has 0 aliphatic carbocycles. The molecule has 1 aliphatic heterocycles. The van der Waals surface area contributed by atoms with E-state index < -0.39 is 4.92 Å². The molecule has 126 valence electrons. The van der Waals surface area contributed by atoms with Crippen LogP contribution in [0.5, 0.6) is 11.5 Å². The summed E-state index contributed by atoms with van der Waals surface area (Å²) in [5.41, 5.74) is 2.72. The lowest BCUT2D eigenvalue weighted by molar-refractivity contribution is -0.384. The second-order valence-electron chi connectivity index (χ2n) is 5.47. The summed E-state index contributed by atoms with van der Waals surface area (Å²) in [6.45, 7) is 0.709. The van der Waals surface area contributed by atoms with Gasteiger partial charge in [0.05, 0.1) is 25.2 Å². The summed E-state index contributed by atoms with van der Waals surface area (Å²) in [5, 5.41) is 15.0. The van der Waals surface area contributed by atoms with Gasteiger partial charge in [0.15, 0.2) is 11.5 Å². The molecule has 2 aromatic rings. The lowest BCUT2D eigenvalue weighted by atomic mass is 9.88. The normalized spacial score (nSPS) is 16.4. The Hall–Kier alpha value is -2.31. The largest absolute Gasteiger partial charge is 0.493 e. The van der Waals surface area contributed by atoms with Crippen LogP contribution in [0.3, 0.4) is 0 Å². The number of nitro benzene ring substituents is 1. The molecular weight excluding hydrogens is 332 g/mol. The molecule has 24 heavy (non-hydrogen) atoms. The lowest BCUT2D eigenvalue weighted by Gasteiger charge is -2.29. The number of ether oxygens (including phenoxy) is 2. The second kappa shape index (κ2) is 6.67. The first-order valence-electron chi connectivity index (χ1n) is 7.47. The zero-order valence-corrected chi connectivity index (χ0v) is 14.1. The molecule has 1 unspecified atom stereocenters. The number of non-ortho nitro benzene ring substituents is 1. The van der Waals surface area contributed by atoms with Crippen molar-refractivity contribution in [3.05, 3.63) is 62.2 Å². The van der Waals surface area contributed by atoms with Gasteiger partial charge in [-0.15, -0.1) is 0 Å². The molecule has 1 aliphatic rings. The van der Waals surface area contributed by atoms with E-state index in [2.05, 4.69) is 5.32 Å². The van der Waals surface area contributed by atoms with Gasteiger partial charge in [-0.25, -0.2) is 0 Å². The number of nitrogens with zero attached hydrogens (tertiary/aromatic N) is 1. The Morgan fingerprint density at radius 1 is 1.21 bits per heavy atom.